The van der Waals surface area contributed by atoms with Crippen LogP contribution in [0.5, 0.6) is 0 Å². The van der Waals surface area contributed by atoms with Crippen LogP contribution in [-0.2, 0) is 41.6 Å². The van der Waals surface area contributed by atoms with Gasteiger partial charge in [-0.15, -0.1) is 0 Å². The van der Waals surface area contributed by atoms with Crippen LogP contribution in [0.15, 0.2) is 59.7 Å². The maximum atomic E-state index is 14.3. The zero-order valence-electron chi connectivity index (χ0n) is 24.0. The highest BCUT2D eigenvalue weighted by Gasteiger charge is 2.77. The number of benzene rings is 2. The maximum absolute atomic E-state index is 14.3. The number of hydrogen-bond acceptors (Lipinski definition) is 6. The number of carbonyl (C=O) groups is 5. The lowest BCUT2D eigenvalue weighted by Gasteiger charge is -2.55. The Morgan fingerprint density at radius 1 is 0.707 bits per heavy atom. The zero-order valence-corrected chi connectivity index (χ0v) is 24.0. The number of imide groups is 2. The van der Waals surface area contributed by atoms with E-state index in [1.165, 1.54) is 9.80 Å². The van der Waals surface area contributed by atoms with Gasteiger partial charge in [0.25, 0.3) is 0 Å². The van der Waals surface area contributed by atoms with Crippen molar-refractivity contribution in [1.29, 1.82) is 0 Å². The number of esters is 1. The Morgan fingerprint density at radius 3 is 1.49 bits per heavy atom. The van der Waals surface area contributed by atoms with Gasteiger partial charge in [-0.2, -0.15) is 0 Å². The molecule has 212 valence electrons. The van der Waals surface area contributed by atoms with Crippen molar-refractivity contribution in [2.24, 2.45) is 35.0 Å². The molecule has 2 heterocycles. The molecule has 2 aromatic rings. The lowest BCUT2D eigenvalue weighted by molar-refractivity contribution is -0.155. The van der Waals surface area contributed by atoms with Crippen LogP contribution in [0.3, 0.4) is 0 Å². The van der Waals surface area contributed by atoms with Gasteiger partial charge in [-0.3, -0.25) is 29.0 Å². The summed E-state index contributed by atoms with van der Waals surface area (Å²) in [4.78, 5) is 72.7. The topological polar surface area (TPSA) is 101 Å². The molecular weight excluding hydrogens is 520 g/mol. The molecule has 4 amide bonds. The van der Waals surface area contributed by atoms with E-state index in [2.05, 4.69) is 0 Å². The van der Waals surface area contributed by atoms with Crippen LogP contribution in [0.2, 0.25) is 0 Å². The smallest absolute Gasteiger partial charge is 0.334 e. The van der Waals surface area contributed by atoms with Gasteiger partial charge in [0, 0.05) is 16.9 Å². The van der Waals surface area contributed by atoms with Crippen LogP contribution >= 0.6 is 0 Å². The molecule has 1 saturated carbocycles. The Morgan fingerprint density at radius 2 is 1.12 bits per heavy atom. The summed E-state index contributed by atoms with van der Waals surface area (Å²) in [6.07, 6.45) is 1.62. The number of rotatable bonds is 6. The summed E-state index contributed by atoms with van der Waals surface area (Å²) < 4.78 is 5.45. The molecule has 3 fully saturated rings. The summed E-state index contributed by atoms with van der Waals surface area (Å²) in [6, 6.07) is 14.5. The van der Waals surface area contributed by atoms with E-state index in [-0.39, 0.29) is 12.2 Å². The van der Waals surface area contributed by atoms with Crippen molar-refractivity contribution >= 4 is 41.0 Å². The van der Waals surface area contributed by atoms with E-state index < -0.39 is 64.6 Å². The Bertz CT molecular complexity index is 1430. The highest BCUT2D eigenvalue weighted by Crippen LogP contribution is 2.68. The van der Waals surface area contributed by atoms with E-state index in [0.717, 1.165) is 24.0 Å². The SMILES string of the molecule is CCOC(=O)C1=C(C)C2[C@H]3C(=O)N(c4ccc(CC)cc4)C(=O)[C@H]3C1(C)[C@@H]1C(=O)N(c3ccc(CC)cc3)C(=O)[C@H]21. The predicted octanol–water partition coefficient (Wildman–Crippen LogP) is 4.25. The second kappa shape index (κ2) is 9.50. The number of amides is 4. The first-order valence-electron chi connectivity index (χ1n) is 14.4. The number of anilines is 2. The zero-order chi connectivity index (χ0) is 29.4. The maximum Gasteiger partial charge on any atom is 0.334 e. The second-order valence-electron chi connectivity index (χ2n) is 11.7. The number of allylic oxidation sites excluding steroid dienone is 1. The van der Waals surface area contributed by atoms with Crippen LogP contribution in [0, 0.1) is 35.0 Å². The monoisotopic (exact) mass is 554 g/mol. The molecule has 0 unspecified atom stereocenters. The molecule has 41 heavy (non-hydrogen) atoms. The fraction of sp³-hybridized carbons (Fsp3) is 0.424. The third-order valence-electron chi connectivity index (χ3n) is 9.89. The predicted molar refractivity (Wildman–Crippen MR) is 152 cm³/mol. The lowest BCUT2D eigenvalue weighted by atomic mass is 9.43. The number of nitrogens with zero attached hydrogens (tertiary/aromatic N) is 2. The van der Waals surface area contributed by atoms with E-state index in [4.69, 9.17) is 4.74 Å². The highest BCUT2D eigenvalue weighted by molar-refractivity contribution is 6.27. The molecule has 2 saturated heterocycles. The molecule has 8 nitrogen and oxygen atoms in total. The van der Waals surface area contributed by atoms with Gasteiger partial charge in [0.15, 0.2) is 0 Å². The minimum absolute atomic E-state index is 0.115. The van der Waals surface area contributed by atoms with Crippen LogP contribution in [0.1, 0.15) is 45.7 Å². The van der Waals surface area contributed by atoms with Gasteiger partial charge in [0.05, 0.1) is 41.7 Å². The Kier molecular flexibility index (Phi) is 6.28. The normalized spacial score (nSPS) is 30.3. The Labute approximate surface area is 239 Å². The van der Waals surface area contributed by atoms with E-state index >= 15 is 0 Å². The third-order valence-corrected chi connectivity index (χ3v) is 9.89. The first kappa shape index (κ1) is 27.1. The molecule has 0 radical (unpaired) electrons. The van der Waals surface area contributed by atoms with Crippen molar-refractivity contribution in [3.63, 3.8) is 0 Å². The van der Waals surface area contributed by atoms with Gasteiger partial charge in [-0.05, 0) is 62.1 Å². The standard InChI is InChI=1S/C33H34N2O6/c1-6-18-9-13-20(14-10-18)34-28(36)23-22-17(4)25(32(40)41-8-3)33(5,26(23)30(34)38)27-24(22)29(37)35(31(27)39)21-15-11-19(7-2)12-16-21/h9-16,22-24,26-27H,6-8H2,1-5H3/t22?,23-,24-,26+,27+,33?/m1/s1. The summed E-state index contributed by atoms with van der Waals surface area (Å²) in [5, 5.41) is 0. The Balaban J connectivity index is 1.51. The molecule has 8 heteroatoms. The summed E-state index contributed by atoms with van der Waals surface area (Å²) in [6.45, 7) is 9.30. The molecule has 5 aliphatic rings. The fourth-order valence-electron chi connectivity index (χ4n) is 8.08. The first-order valence-corrected chi connectivity index (χ1v) is 14.4. The first-order chi connectivity index (χ1) is 19.6. The number of ether oxygens (including phenoxy) is 1. The van der Waals surface area contributed by atoms with Crippen molar-refractivity contribution in [2.45, 2.75) is 47.5 Å². The molecule has 4 atom stereocenters. The third kappa shape index (κ3) is 3.49. The fourth-order valence-corrected chi connectivity index (χ4v) is 8.08. The minimum Gasteiger partial charge on any atom is -0.463 e. The van der Waals surface area contributed by atoms with Gasteiger partial charge < -0.3 is 4.74 Å². The quantitative estimate of drug-likeness (QED) is 0.391. The van der Waals surface area contributed by atoms with Crippen molar-refractivity contribution in [2.75, 3.05) is 16.4 Å². The van der Waals surface area contributed by atoms with Crippen molar-refractivity contribution in [1.82, 2.24) is 0 Å². The molecule has 2 aliphatic heterocycles. The van der Waals surface area contributed by atoms with Crippen LogP contribution < -0.4 is 9.80 Å². The molecule has 2 aromatic carbocycles. The lowest BCUT2D eigenvalue weighted by Crippen LogP contribution is -2.61. The van der Waals surface area contributed by atoms with Crippen LogP contribution in [-0.4, -0.2) is 36.2 Å². The largest absolute Gasteiger partial charge is 0.463 e. The van der Waals surface area contributed by atoms with Gasteiger partial charge in [0.1, 0.15) is 0 Å². The summed E-state index contributed by atoms with van der Waals surface area (Å²) in [7, 11) is 0. The average Bonchev–Trinajstić information content (AvgIpc) is 3.39. The van der Waals surface area contributed by atoms with E-state index in [0.29, 0.717) is 16.9 Å². The van der Waals surface area contributed by atoms with E-state index in [1.54, 1.807) is 45.0 Å². The molecule has 7 rings (SSSR count). The molecule has 0 aromatic heterocycles. The average molecular weight is 555 g/mol. The van der Waals surface area contributed by atoms with Gasteiger partial charge in [0.2, 0.25) is 23.6 Å². The van der Waals surface area contributed by atoms with Crippen LogP contribution in [0.4, 0.5) is 11.4 Å². The van der Waals surface area contributed by atoms with E-state index in [9.17, 15) is 24.0 Å². The number of hydrogen-bond donors (Lipinski definition) is 0. The van der Waals surface area contributed by atoms with Crippen molar-refractivity contribution in [3.05, 3.63) is 70.8 Å². The van der Waals surface area contributed by atoms with E-state index in [1.807, 2.05) is 38.1 Å². The molecule has 3 aliphatic carbocycles. The van der Waals surface area contributed by atoms with Gasteiger partial charge >= 0.3 is 5.97 Å². The second-order valence-corrected chi connectivity index (χ2v) is 11.7. The van der Waals surface area contributed by atoms with Crippen molar-refractivity contribution in [3.8, 4) is 0 Å². The highest BCUT2D eigenvalue weighted by atomic mass is 16.5. The summed E-state index contributed by atoms with van der Waals surface area (Å²) >= 11 is 0. The van der Waals surface area contributed by atoms with Gasteiger partial charge in [-0.1, -0.05) is 50.6 Å². The molecule has 0 N–H and O–H groups in total. The van der Waals surface area contributed by atoms with Crippen LogP contribution in [0.25, 0.3) is 0 Å². The number of aryl methyl sites for hydroxylation is 2. The minimum atomic E-state index is -1.41. The Hall–Kier alpha value is -4.07. The molecule has 0 spiro atoms. The summed E-state index contributed by atoms with van der Waals surface area (Å²) in [5.74, 6) is -6.76. The number of carbonyl (C=O) groups excluding carboxylic acids is 5. The van der Waals surface area contributed by atoms with Crippen molar-refractivity contribution < 1.29 is 28.7 Å². The van der Waals surface area contributed by atoms with Gasteiger partial charge in [-0.25, -0.2) is 4.79 Å². The molecular formula is C33H34N2O6. The summed E-state index contributed by atoms with van der Waals surface area (Å²) in [5.41, 5.74) is 2.43. The molecule has 2 bridgehead atoms.